The zero-order valence-corrected chi connectivity index (χ0v) is 9.69. The Labute approximate surface area is 95.7 Å². The van der Waals surface area contributed by atoms with Crippen LogP contribution in [0.15, 0.2) is 17.4 Å². The molecular weight excluding hydrogens is 202 g/mol. The van der Waals surface area contributed by atoms with Crippen molar-refractivity contribution in [1.29, 1.82) is 0 Å². The summed E-state index contributed by atoms with van der Waals surface area (Å²) in [6.07, 6.45) is 9.82. The van der Waals surface area contributed by atoms with Crippen LogP contribution < -0.4 is 11.1 Å². The van der Waals surface area contributed by atoms with Gasteiger partial charge < -0.3 is 11.1 Å². The first-order valence-electron chi connectivity index (χ1n) is 5.83. The van der Waals surface area contributed by atoms with Gasteiger partial charge in [-0.1, -0.05) is 19.3 Å². The van der Waals surface area contributed by atoms with Gasteiger partial charge in [-0.25, -0.2) is 4.99 Å². The number of aryl methyl sites for hydroxylation is 1. The van der Waals surface area contributed by atoms with Gasteiger partial charge in [0, 0.05) is 13.2 Å². The molecule has 0 radical (unpaired) electrons. The fourth-order valence-corrected chi connectivity index (χ4v) is 2.07. The van der Waals surface area contributed by atoms with Gasteiger partial charge in [-0.2, -0.15) is 5.10 Å². The number of rotatable bonds is 2. The van der Waals surface area contributed by atoms with Crippen molar-refractivity contribution in [2.45, 2.75) is 38.1 Å². The van der Waals surface area contributed by atoms with Gasteiger partial charge >= 0.3 is 0 Å². The van der Waals surface area contributed by atoms with Crippen molar-refractivity contribution >= 4 is 11.6 Å². The molecule has 0 aliphatic heterocycles. The van der Waals surface area contributed by atoms with Gasteiger partial charge in [0.05, 0.1) is 17.9 Å². The lowest BCUT2D eigenvalue weighted by Gasteiger charge is -2.18. The van der Waals surface area contributed by atoms with Gasteiger partial charge in [0.2, 0.25) is 0 Å². The van der Waals surface area contributed by atoms with E-state index >= 15 is 0 Å². The molecular formula is C11H19N5. The molecule has 1 aromatic rings. The van der Waals surface area contributed by atoms with Crippen LogP contribution in [0, 0.1) is 0 Å². The lowest BCUT2D eigenvalue weighted by atomic mass is 9.96. The van der Waals surface area contributed by atoms with Crippen molar-refractivity contribution < 1.29 is 0 Å². The first kappa shape index (κ1) is 11.0. The molecule has 1 aliphatic carbocycles. The van der Waals surface area contributed by atoms with Gasteiger partial charge in [-0.3, -0.25) is 4.68 Å². The third-order valence-corrected chi connectivity index (χ3v) is 2.87. The molecule has 1 heterocycles. The number of guanidine groups is 1. The van der Waals surface area contributed by atoms with E-state index in [9.17, 15) is 0 Å². The van der Waals surface area contributed by atoms with Gasteiger partial charge in [-0.15, -0.1) is 0 Å². The highest BCUT2D eigenvalue weighted by atomic mass is 15.3. The number of anilines is 1. The molecule has 0 amide bonds. The third kappa shape index (κ3) is 2.98. The maximum Gasteiger partial charge on any atom is 0.193 e. The van der Waals surface area contributed by atoms with E-state index in [0.717, 1.165) is 18.5 Å². The fraction of sp³-hybridized carbons (Fsp3) is 0.636. The summed E-state index contributed by atoms with van der Waals surface area (Å²) in [5, 5.41) is 7.11. The molecule has 5 nitrogen and oxygen atoms in total. The molecule has 16 heavy (non-hydrogen) atoms. The van der Waals surface area contributed by atoms with E-state index in [-0.39, 0.29) is 0 Å². The normalized spacial score (nSPS) is 18.7. The minimum Gasteiger partial charge on any atom is -0.370 e. The van der Waals surface area contributed by atoms with Crippen molar-refractivity contribution in [1.82, 2.24) is 9.78 Å². The number of aliphatic imine (C=N–C) groups is 1. The first-order valence-corrected chi connectivity index (χ1v) is 5.83. The van der Waals surface area contributed by atoms with Crippen LogP contribution in [-0.2, 0) is 7.05 Å². The van der Waals surface area contributed by atoms with Crippen LogP contribution in [0.4, 0.5) is 5.69 Å². The second-order valence-electron chi connectivity index (χ2n) is 4.33. The maximum atomic E-state index is 5.85. The molecule has 0 aromatic carbocycles. The smallest absolute Gasteiger partial charge is 0.193 e. The number of hydrogen-bond donors (Lipinski definition) is 2. The molecule has 88 valence electrons. The molecule has 1 saturated carbocycles. The van der Waals surface area contributed by atoms with Gasteiger partial charge in [0.15, 0.2) is 5.96 Å². The topological polar surface area (TPSA) is 68.2 Å². The zero-order valence-electron chi connectivity index (χ0n) is 9.69. The van der Waals surface area contributed by atoms with Crippen molar-refractivity contribution in [2.24, 2.45) is 17.8 Å². The van der Waals surface area contributed by atoms with E-state index < -0.39 is 0 Å². The van der Waals surface area contributed by atoms with Crippen molar-refractivity contribution in [3.05, 3.63) is 12.4 Å². The predicted molar refractivity (Wildman–Crippen MR) is 65.3 cm³/mol. The van der Waals surface area contributed by atoms with Crippen molar-refractivity contribution in [2.75, 3.05) is 5.32 Å². The summed E-state index contributed by atoms with van der Waals surface area (Å²) in [5.41, 5.74) is 6.74. The van der Waals surface area contributed by atoms with Crippen LogP contribution in [0.5, 0.6) is 0 Å². The molecule has 1 fully saturated rings. The second-order valence-corrected chi connectivity index (χ2v) is 4.33. The molecule has 2 rings (SSSR count). The Bertz CT molecular complexity index is 362. The Kier molecular flexibility index (Phi) is 3.44. The highest BCUT2D eigenvalue weighted by Gasteiger charge is 2.12. The van der Waals surface area contributed by atoms with Gasteiger partial charge in [0.1, 0.15) is 0 Å². The Balaban J connectivity index is 1.91. The van der Waals surface area contributed by atoms with Crippen LogP contribution in [-0.4, -0.2) is 21.8 Å². The van der Waals surface area contributed by atoms with Gasteiger partial charge in [-0.05, 0) is 12.8 Å². The largest absolute Gasteiger partial charge is 0.370 e. The summed E-state index contributed by atoms with van der Waals surface area (Å²) >= 11 is 0. The lowest BCUT2D eigenvalue weighted by Crippen LogP contribution is -2.25. The van der Waals surface area contributed by atoms with Gasteiger partial charge in [0.25, 0.3) is 0 Å². The van der Waals surface area contributed by atoms with Crippen molar-refractivity contribution in [3.8, 4) is 0 Å². The monoisotopic (exact) mass is 221 g/mol. The minimum absolute atomic E-state index is 0.401. The Morgan fingerprint density at radius 3 is 2.88 bits per heavy atom. The third-order valence-electron chi connectivity index (χ3n) is 2.87. The van der Waals surface area contributed by atoms with Crippen LogP contribution in [0.1, 0.15) is 32.1 Å². The van der Waals surface area contributed by atoms with E-state index in [0.29, 0.717) is 12.0 Å². The van der Waals surface area contributed by atoms with Crippen LogP contribution in [0.3, 0.4) is 0 Å². The molecule has 0 saturated heterocycles. The Morgan fingerprint density at radius 2 is 2.25 bits per heavy atom. The first-order chi connectivity index (χ1) is 7.74. The van der Waals surface area contributed by atoms with Crippen LogP contribution in [0.25, 0.3) is 0 Å². The highest BCUT2D eigenvalue weighted by molar-refractivity contribution is 5.92. The summed E-state index contributed by atoms with van der Waals surface area (Å²) in [6.45, 7) is 0. The average Bonchev–Trinajstić information content (AvgIpc) is 2.65. The second kappa shape index (κ2) is 5.01. The maximum absolute atomic E-state index is 5.85. The summed E-state index contributed by atoms with van der Waals surface area (Å²) in [4.78, 5) is 4.49. The number of hydrogen-bond acceptors (Lipinski definition) is 2. The summed E-state index contributed by atoms with van der Waals surface area (Å²) in [6, 6.07) is 0.401. The van der Waals surface area contributed by atoms with Crippen molar-refractivity contribution in [3.63, 3.8) is 0 Å². The average molecular weight is 221 g/mol. The summed E-state index contributed by atoms with van der Waals surface area (Å²) < 4.78 is 1.73. The number of nitrogens with two attached hydrogens (primary N) is 1. The predicted octanol–water partition coefficient (Wildman–Crippen LogP) is 1.48. The van der Waals surface area contributed by atoms with E-state index in [4.69, 9.17) is 5.73 Å². The molecule has 0 unspecified atom stereocenters. The molecule has 0 atom stereocenters. The Hall–Kier alpha value is -1.52. The molecule has 3 N–H and O–H groups in total. The van der Waals surface area contributed by atoms with E-state index in [1.807, 2.05) is 13.2 Å². The molecule has 1 aromatic heterocycles. The quantitative estimate of drug-likeness (QED) is 0.587. The standard InChI is InChI=1S/C11H19N5/c1-16-8-10(7-13-16)15-11(12)14-9-5-3-2-4-6-9/h7-9H,2-6H2,1H3,(H3,12,14,15). The Morgan fingerprint density at radius 1 is 1.50 bits per heavy atom. The number of nitrogens with zero attached hydrogens (tertiary/aromatic N) is 3. The summed E-state index contributed by atoms with van der Waals surface area (Å²) in [5.74, 6) is 0.500. The van der Waals surface area contributed by atoms with Crippen LogP contribution in [0.2, 0.25) is 0 Å². The zero-order chi connectivity index (χ0) is 11.4. The number of nitrogens with one attached hydrogen (secondary N) is 1. The molecule has 0 spiro atoms. The van der Waals surface area contributed by atoms with E-state index in [1.54, 1.807) is 10.9 Å². The minimum atomic E-state index is 0.401. The lowest BCUT2D eigenvalue weighted by molar-refractivity contribution is 0.443. The molecule has 0 bridgehead atoms. The summed E-state index contributed by atoms with van der Waals surface area (Å²) in [7, 11) is 1.87. The van der Waals surface area contributed by atoms with E-state index in [2.05, 4.69) is 15.4 Å². The van der Waals surface area contributed by atoms with E-state index in [1.165, 1.54) is 19.3 Å². The molecule has 1 aliphatic rings. The SMILES string of the molecule is Cn1cc(NC(N)=NC2CCCCC2)cn1. The highest BCUT2D eigenvalue weighted by Crippen LogP contribution is 2.20. The fourth-order valence-electron chi connectivity index (χ4n) is 2.07. The number of aromatic nitrogens is 2. The molecule has 5 heteroatoms. The van der Waals surface area contributed by atoms with Crippen LogP contribution >= 0.6 is 0 Å².